The molecular weight excluding hydrogens is 312 g/mol. The number of aryl methyl sites for hydroxylation is 1. The number of hydrogen-bond acceptors (Lipinski definition) is 2. The van der Waals surface area contributed by atoms with Crippen LogP contribution in [0.4, 0.5) is 0 Å². The van der Waals surface area contributed by atoms with E-state index >= 15 is 0 Å². The lowest BCUT2D eigenvalue weighted by Gasteiger charge is -2.35. The average molecular weight is 336 g/mol. The van der Waals surface area contributed by atoms with Crippen molar-refractivity contribution in [2.45, 2.75) is 45.2 Å². The predicted molar refractivity (Wildman–Crippen MR) is 98.3 cm³/mol. The Morgan fingerprint density at radius 3 is 3.12 bits per heavy atom. The van der Waals surface area contributed by atoms with Crippen molar-refractivity contribution in [3.05, 3.63) is 54.0 Å². The summed E-state index contributed by atoms with van der Waals surface area (Å²) in [4.78, 5) is 18.4. The molecule has 1 aliphatic rings. The Bertz CT molecular complexity index is 865. The molecule has 0 saturated carbocycles. The minimum absolute atomic E-state index is 0.221. The van der Waals surface area contributed by atoms with Gasteiger partial charge in [0.15, 0.2) is 0 Å². The zero-order valence-corrected chi connectivity index (χ0v) is 14.6. The Kier molecular flexibility index (Phi) is 4.30. The van der Waals surface area contributed by atoms with Gasteiger partial charge in [-0.25, -0.2) is 0 Å². The van der Waals surface area contributed by atoms with Crippen molar-refractivity contribution in [1.82, 2.24) is 19.7 Å². The first-order valence-electron chi connectivity index (χ1n) is 9.04. The van der Waals surface area contributed by atoms with Crippen LogP contribution in [0.5, 0.6) is 0 Å². The molecule has 3 heterocycles. The number of likely N-dealkylation sites (tertiary alicyclic amines) is 1. The summed E-state index contributed by atoms with van der Waals surface area (Å²) in [5.74, 6) is 0.221. The Labute approximate surface area is 147 Å². The van der Waals surface area contributed by atoms with Crippen molar-refractivity contribution in [2.24, 2.45) is 0 Å². The molecule has 1 aromatic carbocycles. The fraction of sp³-hybridized carbons (Fsp3) is 0.400. The second-order valence-electron chi connectivity index (χ2n) is 7.00. The van der Waals surface area contributed by atoms with E-state index in [1.54, 1.807) is 6.20 Å². The SMILES string of the molecule is Cc1ccc2c(CC(=O)N3CCCC[C@H]3Cn3cccn3)c[nH]c2c1. The van der Waals surface area contributed by atoms with E-state index in [1.165, 1.54) is 12.0 Å². The number of aromatic nitrogens is 3. The third-order valence-corrected chi connectivity index (χ3v) is 5.17. The molecule has 0 bridgehead atoms. The van der Waals surface area contributed by atoms with E-state index in [-0.39, 0.29) is 11.9 Å². The van der Waals surface area contributed by atoms with Crippen LogP contribution in [-0.2, 0) is 17.8 Å². The molecule has 5 nitrogen and oxygen atoms in total. The van der Waals surface area contributed by atoms with E-state index in [1.807, 2.05) is 23.1 Å². The van der Waals surface area contributed by atoms with E-state index in [9.17, 15) is 4.79 Å². The van der Waals surface area contributed by atoms with Gasteiger partial charge in [-0.15, -0.1) is 0 Å². The second-order valence-corrected chi connectivity index (χ2v) is 7.00. The van der Waals surface area contributed by atoms with E-state index in [0.29, 0.717) is 6.42 Å². The highest BCUT2D eigenvalue weighted by Crippen LogP contribution is 2.23. The zero-order chi connectivity index (χ0) is 17.2. The average Bonchev–Trinajstić information content (AvgIpc) is 3.25. The molecule has 1 amide bonds. The maximum absolute atomic E-state index is 13.0. The summed E-state index contributed by atoms with van der Waals surface area (Å²) in [6, 6.07) is 8.52. The summed E-state index contributed by atoms with van der Waals surface area (Å²) in [5.41, 5.74) is 3.42. The number of carbonyl (C=O) groups is 1. The second kappa shape index (κ2) is 6.75. The van der Waals surface area contributed by atoms with Gasteiger partial charge in [-0.3, -0.25) is 9.48 Å². The van der Waals surface area contributed by atoms with Crippen molar-refractivity contribution in [2.75, 3.05) is 6.54 Å². The highest BCUT2D eigenvalue weighted by Gasteiger charge is 2.27. The van der Waals surface area contributed by atoms with Gasteiger partial charge in [-0.05, 0) is 49.4 Å². The molecule has 2 aromatic heterocycles. The van der Waals surface area contributed by atoms with Crippen LogP contribution in [0.3, 0.4) is 0 Å². The van der Waals surface area contributed by atoms with E-state index in [4.69, 9.17) is 0 Å². The molecule has 25 heavy (non-hydrogen) atoms. The molecule has 1 aliphatic heterocycles. The number of rotatable bonds is 4. The van der Waals surface area contributed by atoms with Crippen LogP contribution in [0.25, 0.3) is 10.9 Å². The number of nitrogens with zero attached hydrogens (tertiary/aromatic N) is 3. The summed E-state index contributed by atoms with van der Waals surface area (Å²) in [6.45, 7) is 3.72. The summed E-state index contributed by atoms with van der Waals surface area (Å²) in [5, 5.41) is 5.46. The van der Waals surface area contributed by atoms with Crippen molar-refractivity contribution >= 4 is 16.8 Å². The lowest BCUT2D eigenvalue weighted by atomic mass is 10.0. The van der Waals surface area contributed by atoms with Crippen LogP contribution < -0.4 is 0 Å². The van der Waals surface area contributed by atoms with Gasteiger partial charge in [0.2, 0.25) is 5.91 Å². The van der Waals surface area contributed by atoms with Crippen LogP contribution in [0.2, 0.25) is 0 Å². The quantitative estimate of drug-likeness (QED) is 0.795. The summed E-state index contributed by atoms with van der Waals surface area (Å²) >= 11 is 0. The third kappa shape index (κ3) is 3.31. The standard InChI is InChI=1S/C20H24N4O/c1-15-6-7-18-16(13-21-19(18)11-15)12-20(25)24-10-3-2-5-17(24)14-23-9-4-8-22-23/h4,6-9,11,13,17,21H,2-3,5,10,12,14H2,1H3/t17-/m0/s1. The third-order valence-electron chi connectivity index (χ3n) is 5.17. The highest BCUT2D eigenvalue weighted by molar-refractivity contribution is 5.89. The summed E-state index contributed by atoms with van der Waals surface area (Å²) in [7, 11) is 0. The minimum atomic E-state index is 0.221. The maximum Gasteiger partial charge on any atom is 0.227 e. The number of hydrogen-bond donors (Lipinski definition) is 1. The molecule has 130 valence electrons. The van der Waals surface area contributed by atoms with Gasteiger partial charge < -0.3 is 9.88 Å². The van der Waals surface area contributed by atoms with Gasteiger partial charge in [0.1, 0.15) is 0 Å². The molecule has 3 aromatic rings. The van der Waals surface area contributed by atoms with Crippen LogP contribution in [0.15, 0.2) is 42.9 Å². The number of carbonyl (C=O) groups excluding carboxylic acids is 1. The van der Waals surface area contributed by atoms with Crippen molar-refractivity contribution in [3.8, 4) is 0 Å². The molecule has 4 rings (SSSR count). The summed E-state index contributed by atoms with van der Waals surface area (Å²) < 4.78 is 1.94. The molecule has 0 unspecified atom stereocenters. The number of benzene rings is 1. The van der Waals surface area contributed by atoms with Crippen LogP contribution in [-0.4, -0.2) is 38.2 Å². The largest absolute Gasteiger partial charge is 0.361 e. The molecule has 0 aliphatic carbocycles. The molecule has 1 fully saturated rings. The maximum atomic E-state index is 13.0. The Morgan fingerprint density at radius 1 is 1.36 bits per heavy atom. The first kappa shape index (κ1) is 15.9. The lowest BCUT2D eigenvalue weighted by Crippen LogP contribution is -2.46. The van der Waals surface area contributed by atoms with E-state index in [0.717, 1.165) is 42.4 Å². The molecule has 5 heteroatoms. The van der Waals surface area contributed by atoms with Gasteiger partial charge in [-0.2, -0.15) is 5.10 Å². The first-order valence-corrected chi connectivity index (χ1v) is 9.04. The number of aromatic amines is 1. The monoisotopic (exact) mass is 336 g/mol. The molecule has 1 atom stereocenters. The molecular formula is C20H24N4O. The number of piperidine rings is 1. The van der Waals surface area contributed by atoms with Gasteiger partial charge in [0.25, 0.3) is 0 Å². The zero-order valence-electron chi connectivity index (χ0n) is 14.6. The predicted octanol–water partition coefficient (Wildman–Crippen LogP) is 3.30. The molecule has 0 spiro atoms. The van der Waals surface area contributed by atoms with Crippen molar-refractivity contribution in [1.29, 1.82) is 0 Å². The van der Waals surface area contributed by atoms with Gasteiger partial charge in [0, 0.05) is 36.0 Å². The highest BCUT2D eigenvalue weighted by atomic mass is 16.2. The van der Waals surface area contributed by atoms with E-state index < -0.39 is 0 Å². The van der Waals surface area contributed by atoms with Crippen molar-refractivity contribution < 1.29 is 4.79 Å². The van der Waals surface area contributed by atoms with Crippen LogP contribution in [0, 0.1) is 6.92 Å². The lowest BCUT2D eigenvalue weighted by molar-refractivity contribution is -0.134. The molecule has 0 radical (unpaired) electrons. The molecule has 1 N–H and O–H groups in total. The van der Waals surface area contributed by atoms with Gasteiger partial charge in [0.05, 0.1) is 19.0 Å². The fourth-order valence-corrected chi connectivity index (χ4v) is 3.85. The normalized spacial score (nSPS) is 18.0. The van der Waals surface area contributed by atoms with Crippen LogP contribution in [0.1, 0.15) is 30.4 Å². The first-order chi connectivity index (χ1) is 12.2. The Morgan fingerprint density at radius 2 is 2.28 bits per heavy atom. The number of amides is 1. The topological polar surface area (TPSA) is 53.9 Å². The smallest absolute Gasteiger partial charge is 0.227 e. The minimum Gasteiger partial charge on any atom is -0.361 e. The molecule has 1 saturated heterocycles. The van der Waals surface area contributed by atoms with Crippen LogP contribution >= 0.6 is 0 Å². The van der Waals surface area contributed by atoms with Gasteiger partial charge >= 0.3 is 0 Å². The Balaban J connectivity index is 1.51. The number of fused-ring (bicyclic) bond motifs is 1. The van der Waals surface area contributed by atoms with Gasteiger partial charge in [-0.1, -0.05) is 12.1 Å². The number of nitrogens with one attached hydrogen (secondary N) is 1. The summed E-state index contributed by atoms with van der Waals surface area (Å²) in [6.07, 6.45) is 9.53. The van der Waals surface area contributed by atoms with Crippen molar-refractivity contribution in [3.63, 3.8) is 0 Å². The number of H-pyrrole nitrogens is 1. The Hall–Kier alpha value is -2.56. The van der Waals surface area contributed by atoms with E-state index in [2.05, 4.69) is 40.1 Å². The fourth-order valence-electron chi connectivity index (χ4n) is 3.85.